The highest BCUT2D eigenvalue weighted by Gasteiger charge is 2.53. The first-order valence-corrected chi connectivity index (χ1v) is 31.3. The van der Waals surface area contributed by atoms with Gasteiger partial charge >= 0.3 is 0 Å². The Bertz CT molecular complexity index is 4740. The Morgan fingerprint density at radius 1 is 0.178 bits per heavy atom. The first-order valence-electron chi connectivity index (χ1n) is 31.3. The van der Waals surface area contributed by atoms with Gasteiger partial charge in [-0.1, -0.05) is 267 Å². The minimum absolute atomic E-state index is 0.563. The van der Waals surface area contributed by atoms with E-state index >= 15 is 0 Å². The lowest BCUT2D eigenvalue weighted by atomic mass is 9.70. The maximum absolute atomic E-state index is 2.49. The minimum Gasteiger partial charge on any atom is -0.310 e. The summed E-state index contributed by atoms with van der Waals surface area (Å²) in [5.41, 5.74) is 33.3. The maximum Gasteiger partial charge on any atom is 0.0726 e. The lowest BCUT2D eigenvalue weighted by Gasteiger charge is -2.32. The fraction of sp³-hybridized carbons (Fsp3) is 0.0227. The Labute approximate surface area is 525 Å². The quantitative estimate of drug-likeness (QED) is 0.126. The van der Waals surface area contributed by atoms with Crippen molar-refractivity contribution in [2.45, 2.75) is 10.8 Å². The van der Waals surface area contributed by atoms with Crippen LogP contribution in [-0.2, 0) is 10.8 Å². The maximum atomic E-state index is 2.49. The Hall–Kier alpha value is -11.6. The predicted molar refractivity (Wildman–Crippen MR) is 375 cm³/mol. The third-order valence-corrected chi connectivity index (χ3v) is 19.7. The van der Waals surface area contributed by atoms with Crippen molar-refractivity contribution in [2.24, 2.45) is 0 Å². The van der Waals surface area contributed by atoms with E-state index < -0.39 is 10.8 Å². The first-order chi connectivity index (χ1) is 44.6. The van der Waals surface area contributed by atoms with E-state index in [9.17, 15) is 0 Å². The number of benzene rings is 14. The highest BCUT2D eigenvalue weighted by molar-refractivity contribution is 5.99. The topological polar surface area (TPSA) is 6.48 Å². The smallest absolute Gasteiger partial charge is 0.0726 e. The fourth-order valence-corrected chi connectivity index (χ4v) is 15.9. The molecule has 4 aliphatic carbocycles. The second-order valence-electron chi connectivity index (χ2n) is 24.3. The standard InChI is InChI=1S/C88H58N2/c1-5-21-61(22-6-1)63-41-45-67(46-42-63)89(65-25-9-3-10-26-65)69-49-53-77-75-51-39-59(55-83(75)87(85(77)57-69)79-33-17-13-29-71(79)72-30-14-18-34-80(72)87)37-38-60-40-52-76-78-54-50-70(90(66-27-11-4-12-28-66)68-47-43-64(44-48-68)62-23-7-2-8-24-62)58-86(78)88(84(76)56-60)81-35-19-15-31-73(81)74-32-16-20-36-82(74)88/h1-58H/b38-37+. The van der Waals surface area contributed by atoms with Gasteiger partial charge in [-0.15, -0.1) is 0 Å². The van der Waals surface area contributed by atoms with E-state index in [0.29, 0.717) is 0 Å². The molecule has 14 aromatic carbocycles. The zero-order chi connectivity index (χ0) is 59.3. The van der Waals surface area contributed by atoms with Gasteiger partial charge in [0.1, 0.15) is 0 Å². The number of nitrogens with zero attached hydrogens (tertiary/aromatic N) is 2. The molecule has 0 fully saturated rings. The van der Waals surface area contributed by atoms with Gasteiger partial charge in [0, 0.05) is 34.1 Å². The summed E-state index contributed by atoms with van der Waals surface area (Å²) in [6.45, 7) is 0. The SMILES string of the molecule is C(=C\c1ccc2c(c1)C1(c3ccccc3-c3ccccc31)c1cc(N(c3ccccc3)c3ccc(-c4ccccc4)cc3)ccc1-2)/c1ccc2c(c1)C1(c3ccccc3-c3ccccc31)c1cc(N(c3ccccc3)c3ccc(-c4ccccc4)cc3)ccc1-2. The Kier molecular flexibility index (Phi) is 11.8. The molecule has 0 N–H and O–H groups in total. The summed E-state index contributed by atoms with van der Waals surface area (Å²) in [7, 11) is 0. The van der Waals surface area contributed by atoms with E-state index in [1.54, 1.807) is 0 Å². The highest BCUT2D eigenvalue weighted by Crippen LogP contribution is 2.65. The summed E-state index contributed by atoms with van der Waals surface area (Å²) in [5, 5.41) is 0. The summed E-state index contributed by atoms with van der Waals surface area (Å²) in [6.07, 6.45) is 4.69. The summed E-state index contributed by atoms with van der Waals surface area (Å²) in [4.78, 5) is 4.83. The molecule has 0 bridgehead atoms. The normalized spacial score (nSPS) is 13.5. The van der Waals surface area contributed by atoms with E-state index in [1.807, 2.05) is 0 Å². The lowest BCUT2D eigenvalue weighted by Crippen LogP contribution is -2.26. The molecule has 0 atom stereocenters. The molecule has 0 saturated carbocycles. The molecule has 0 unspecified atom stereocenters. The van der Waals surface area contributed by atoms with Crippen molar-refractivity contribution in [3.63, 3.8) is 0 Å². The zero-order valence-electron chi connectivity index (χ0n) is 49.4. The van der Waals surface area contributed by atoms with Gasteiger partial charge in [0.2, 0.25) is 0 Å². The number of hydrogen-bond acceptors (Lipinski definition) is 2. The number of anilines is 6. The van der Waals surface area contributed by atoms with Crippen molar-refractivity contribution in [3.05, 3.63) is 395 Å². The molecule has 2 nitrogen and oxygen atoms in total. The van der Waals surface area contributed by atoms with Gasteiger partial charge in [0.05, 0.1) is 10.8 Å². The molecule has 14 aromatic rings. The third-order valence-electron chi connectivity index (χ3n) is 19.7. The van der Waals surface area contributed by atoms with E-state index in [1.165, 1.54) is 111 Å². The van der Waals surface area contributed by atoms with E-state index in [4.69, 9.17) is 0 Å². The van der Waals surface area contributed by atoms with Crippen LogP contribution in [0.4, 0.5) is 34.1 Å². The number of fused-ring (bicyclic) bond motifs is 20. The van der Waals surface area contributed by atoms with Gasteiger partial charge < -0.3 is 9.80 Å². The largest absolute Gasteiger partial charge is 0.310 e. The van der Waals surface area contributed by atoms with Crippen LogP contribution in [0.1, 0.15) is 55.6 Å². The van der Waals surface area contributed by atoms with Crippen LogP contribution in [0.5, 0.6) is 0 Å². The van der Waals surface area contributed by atoms with Crippen molar-refractivity contribution in [2.75, 3.05) is 9.80 Å². The van der Waals surface area contributed by atoms with Crippen molar-refractivity contribution in [1.82, 2.24) is 0 Å². The monoisotopic (exact) mass is 1140 g/mol. The van der Waals surface area contributed by atoms with Crippen LogP contribution in [0.3, 0.4) is 0 Å². The molecule has 90 heavy (non-hydrogen) atoms. The van der Waals surface area contributed by atoms with Crippen molar-refractivity contribution in [1.29, 1.82) is 0 Å². The average Bonchev–Trinajstić information content (AvgIpc) is 1.57. The summed E-state index contributed by atoms with van der Waals surface area (Å²) >= 11 is 0. The summed E-state index contributed by atoms with van der Waals surface area (Å²) in [6, 6.07) is 126. The van der Waals surface area contributed by atoms with Crippen LogP contribution >= 0.6 is 0 Å². The zero-order valence-corrected chi connectivity index (χ0v) is 49.4. The van der Waals surface area contributed by atoms with Crippen molar-refractivity contribution >= 4 is 46.3 Å². The number of hydrogen-bond donors (Lipinski definition) is 0. The van der Waals surface area contributed by atoms with E-state index in [2.05, 4.69) is 362 Å². The highest BCUT2D eigenvalue weighted by atomic mass is 15.1. The molecule has 0 radical (unpaired) electrons. The van der Waals surface area contributed by atoms with Crippen molar-refractivity contribution in [3.8, 4) is 66.8 Å². The fourth-order valence-electron chi connectivity index (χ4n) is 15.9. The van der Waals surface area contributed by atoms with Crippen LogP contribution in [0.2, 0.25) is 0 Å². The van der Waals surface area contributed by atoms with Crippen LogP contribution < -0.4 is 9.80 Å². The molecule has 0 aromatic heterocycles. The molecule has 0 saturated heterocycles. The van der Waals surface area contributed by atoms with Gasteiger partial charge in [0.25, 0.3) is 0 Å². The van der Waals surface area contributed by atoms with Gasteiger partial charge in [0.15, 0.2) is 0 Å². The third kappa shape index (κ3) is 7.71. The lowest BCUT2D eigenvalue weighted by molar-refractivity contribution is 0.793. The van der Waals surface area contributed by atoms with Crippen LogP contribution in [-0.4, -0.2) is 0 Å². The second kappa shape index (κ2) is 20.5. The predicted octanol–water partition coefficient (Wildman–Crippen LogP) is 22.8. The molecule has 0 aliphatic heterocycles. The molecule has 420 valence electrons. The molecule has 2 spiro atoms. The Morgan fingerprint density at radius 3 is 0.767 bits per heavy atom. The van der Waals surface area contributed by atoms with Crippen LogP contribution in [0, 0.1) is 0 Å². The van der Waals surface area contributed by atoms with Crippen LogP contribution in [0.25, 0.3) is 78.9 Å². The Balaban J connectivity index is 0.765. The summed E-state index contributed by atoms with van der Waals surface area (Å²) in [5.74, 6) is 0. The van der Waals surface area contributed by atoms with E-state index in [-0.39, 0.29) is 0 Å². The van der Waals surface area contributed by atoms with Crippen molar-refractivity contribution < 1.29 is 0 Å². The molecule has 0 heterocycles. The summed E-state index contributed by atoms with van der Waals surface area (Å²) < 4.78 is 0. The Morgan fingerprint density at radius 2 is 0.422 bits per heavy atom. The molecular weight excluding hydrogens is 1080 g/mol. The minimum atomic E-state index is -0.563. The second-order valence-corrected chi connectivity index (χ2v) is 24.3. The first kappa shape index (κ1) is 51.6. The van der Waals surface area contributed by atoms with E-state index in [0.717, 1.165) is 45.3 Å². The van der Waals surface area contributed by atoms with Crippen LogP contribution in [0.15, 0.2) is 340 Å². The molecule has 4 aliphatic rings. The molecule has 18 rings (SSSR count). The molecule has 0 amide bonds. The number of para-hydroxylation sites is 2. The molecule has 2 heteroatoms. The molecular formula is C88H58N2. The number of rotatable bonds is 10. The van der Waals surface area contributed by atoms with Gasteiger partial charge in [-0.05, 0) is 207 Å². The van der Waals surface area contributed by atoms with Gasteiger partial charge in [-0.2, -0.15) is 0 Å². The average molecular weight is 1140 g/mol. The van der Waals surface area contributed by atoms with Gasteiger partial charge in [-0.25, -0.2) is 0 Å². The van der Waals surface area contributed by atoms with Gasteiger partial charge in [-0.3, -0.25) is 0 Å².